The molecule has 0 aliphatic carbocycles. The molecule has 0 fully saturated rings. The highest BCUT2D eigenvalue weighted by Crippen LogP contribution is 2.29. The minimum absolute atomic E-state index is 0.0885. The van der Waals surface area contributed by atoms with Crippen LogP contribution in [-0.2, 0) is 11.2 Å². The van der Waals surface area contributed by atoms with Gasteiger partial charge in [0.2, 0.25) is 5.91 Å². The van der Waals surface area contributed by atoms with Crippen molar-refractivity contribution in [1.82, 2.24) is 0 Å². The third-order valence-corrected chi connectivity index (χ3v) is 2.59. The molecular weight excluding hydrogens is 181 g/mol. The number of hydrogen-bond acceptors (Lipinski definition) is 1. The van der Waals surface area contributed by atoms with Crippen LogP contribution in [-0.4, -0.2) is 12.5 Å². The maximum atomic E-state index is 13.4. The first kappa shape index (κ1) is 9.19. The highest BCUT2D eigenvalue weighted by atomic mass is 19.1. The Morgan fingerprint density at radius 3 is 2.93 bits per heavy atom. The summed E-state index contributed by atoms with van der Waals surface area (Å²) in [4.78, 5) is 13.1. The molecule has 0 radical (unpaired) electrons. The van der Waals surface area contributed by atoms with Gasteiger partial charge in [-0.25, -0.2) is 4.39 Å². The van der Waals surface area contributed by atoms with E-state index < -0.39 is 0 Å². The molecule has 2 nitrogen and oxygen atoms in total. The van der Waals surface area contributed by atoms with Crippen molar-refractivity contribution in [2.45, 2.75) is 19.8 Å². The Kier molecular flexibility index (Phi) is 2.23. The molecule has 1 heterocycles. The largest absolute Gasteiger partial charge is 0.312 e. The zero-order valence-corrected chi connectivity index (χ0v) is 8.09. The summed E-state index contributed by atoms with van der Waals surface area (Å²) in [7, 11) is 0. The van der Waals surface area contributed by atoms with Crippen molar-refractivity contribution in [2.75, 3.05) is 11.4 Å². The molecule has 0 atom stereocenters. The Morgan fingerprint density at radius 2 is 2.21 bits per heavy atom. The standard InChI is InChI=1S/C11H12FNO/c1-2-13-10-5-3-4-9(12)8(10)6-7-11(13)14/h3-5H,2,6-7H2,1H3. The van der Waals surface area contributed by atoms with Crippen molar-refractivity contribution in [1.29, 1.82) is 0 Å². The van der Waals surface area contributed by atoms with Gasteiger partial charge in [0.1, 0.15) is 5.82 Å². The molecule has 1 aliphatic rings. The normalized spacial score (nSPS) is 15.6. The number of anilines is 1. The summed E-state index contributed by atoms with van der Waals surface area (Å²) in [5.74, 6) is -0.112. The summed E-state index contributed by atoms with van der Waals surface area (Å²) < 4.78 is 13.4. The lowest BCUT2D eigenvalue weighted by atomic mass is 10.0. The van der Waals surface area contributed by atoms with Crippen LogP contribution in [0.4, 0.5) is 10.1 Å². The van der Waals surface area contributed by atoms with Crippen molar-refractivity contribution >= 4 is 11.6 Å². The van der Waals surface area contributed by atoms with E-state index in [4.69, 9.17) is 0 Å². The van der Waals surface area contributed by atoms with E-state index in [0.717, 1.165) is 5.69 Å². The third-order valence-electron chi connectivity index (χ3n) is 2.59. The van der Waals surface area contributed by atoms with Crippen LogP contribution in [0.15, 0.2) is 18.2 Å². The maximum absolute atomic E-state index is 13.4. The van der Waals surface area contributed by atoms with E-state index in [9.17, 15) is 9.18 Å². The fourth-order valence-corrected chi connectivity index (χ4v) is 1.90. The van der Waals surface area contributed by atoms with Gasteiger partial charge < -0.3 is 4.90 Å². The average molecular weight is 193 g/mol. The van der Waals surface area contributed by atoms with Crippen LogP contribution in [0.2, 0.25) is 0 Å². The predicted octanol–water partition coefficient (Wildman–Crippen LogP) is 2.12. The molecule has 1 aromatic carbocycles. The van der Waals surface area contributed by atoms with Crippen molar-refractivity contribution in [3.8, 4) is 0 Å². The molecule has 74 valence electrons. The molecule has 2 rings (SSSR count). The SMILES string of the molecule is CCN1C(=O)CCc2c(F)cccc21. The van der Waals surface area contributed by atoms with Gasteiger partial charge in [0.25, 0.3) is 0 Å². The number of halogens is 1. The molecule has 1 amide bonds. The zero-order chi connectivity index (χ0) is 10.1. The Balaban J connectivity index is 2.52. The fraction of sp³-hybridized carbons (Fsp3) is 0.364. The van der Waals surface area contributed by atoms with E-state index in [1.165, 1.54) is 6.07 Å². The summed E-state index contributed by atoms with van der Waals surface area (Å²) in [5.41, 5.74) is 1.41. The van der Waals surface area contributed by atoms with Gasteiger partial charge in [-0.2, -0.15) is 0 Å². The highest BCUT2D eigenvalue weighted by molar-refractivity contribution is 5.96. The molecule has 14 heavy (non-hydrogen) atoms. The quantitative estimate of drug-likeness (QED) is 0.669. The first-order chi connectivity index (χ1) is 6.74. The number of rotatable bonds is 1. The molecule has 0 bridgehead atoms. The maximum Gasteiger partial charge on any atom is 0.227 e. The van der Waals surface area contributed by atoms with Crippen molar-refractivity contribution < 1.29 is 9.18 Å². The van der Waals surface area contributed by atoms with Gasteiger partial charge in [0.05, 0.1) is 0 Å². The third kappa shape index (κ3) is 1.29. The van der Waals surface area contributed by atoms with Gasteiger partial charge in [-0.1, -0.05) is 6.07 Å². The Hall–Kier alpha value is -1.38. The van der Waals surface area contributed by atoms with Crippen LogP contribution in [0, 0.1) is 5.82 Å². The summed E-state index contributed by atoms with van der Waals surface area (Å²) in [6, 6.07) is 4.90. The monoisotopic (exact) mass is 193 g/mol. The number of carbonyl (C=O) groups is 1. The molecule has 3 heteroatoms. The van der Waals surface area contributed by atoms with Crippen LogP contribution in [0.25, 0.3) is 0 Å². The molecule has 0 N–H and O–H groups in total. The van der Waals surface area contributed by atoms with Crippen molar-refractivity contribution in [3.05, 3.63) is 29.6 Å². The number of nitrogens with zero attached hydrogens (tertiary/aromatic N) is 1. The molecule has 0 spiro atoms. The molecule has 0 saturated carbocycles. The molecule has 1 aliphatic heterocycles. The summed E-state index contributed by atoms with van der Waals surface area (Å²) in [6.07, 6.45) is 0.944. The number of benzene rings is 1. The molecule has 0 unspecified atom stereocenters. The first-order valence-electron chi connectivity index (χ1n) is 4.81. The Morgan fingerprint density at radius 1 is 1.43 bits per heavy atom. The van der Waals surface area contributed by atoms with Crippen molar-refractivity contribution in [3.63, 3.8) is 0 Å². The topological polar surface area (TPSA) is 20.3 Å². The molecule has 0 aromatic heterocycles. The first-order valence-corrected chi connectivity index (χ1v) is 4.81. The molecular formula is C11H12FNO. The molecule has 1 aromatic rings. The van der Waals surface area contributed by atoms with E-state index >= 15 is 0 Å². The summed E-state index contributed by atoms with van der Waals surface area (Å²) >= 11 is 0. The van der Waals surface area contributed by atoms with E-state index in [1.807, 2.05) is 6.92 Å². The lowest BCUT2D eigenvalue weighted by molar-refractivity contribution is -0.118. The van der Waals surface area contributed by atoms with Crippen LogP contribution in [0.5, 0.6) is 0 Å². The highest BCUT2D eigenvalue weighted by Gasteiger charge is 2.24. The second kappa shape index (κ2) is 3.40. The smallest absolute Gasteiger partial charge is 0.227 e. The van der Waals surface area contributed by atoms with E-state index in [-0.39, 0.29) is 11.7 Å². The van der Waals surface area contributed by atoms with Crippen LogP contribution >= 0.6 is 0 Å². The van der Waals surface area contributed by atoms with Crippen LogP contribution < -0.4 is 4.90 Å². The van der Waals surface area contributed by atoms with E-state index in [1.54, 1.807) is 17.0 Å². The van der Waals surface area contributed by atoms with Crippen LogP contribution in [0.3, 0.4) is 0 Å². The van der Waals surface area contributed by atoms with E-state index in [0.29, 0.717) is 24.9 Å². The number of amides is 1. The van der Waals surface area contributed by atoms with Gasteiger partial charge in [0, 0.05) is 24.2 Å². The number of carbonyl (C=O) groups excluding carboxylic acids is 1. The van der Waals surface area contributed by atoms with Crippen LogP contribution in [0.1, 0.15) is 18.9 Å². The average Bonchev–Trinajstić information content (AvgIpc) is 2.18. The lowest BCUT2D eigenvalue weighted by Gasteiger charge is -2.28. The number of fused-ring (bicyclic) bond motifs is 1. The minimum Gasteiger partial charge on any atom is -0.312 e. The minimum atomic E-state index is -0.201. The Bertz CT molecular complexity index is 376. The van der Waals surface area contributed by atoms with Gasteiger partial charge in [-0.3, -0.25) is 4.79 Å². The van der Waals surface area contributed by atoms with Gasteiger partial charge in [-0.05, 0) is 25.5 Å². The fourth-order valence-electron chi connectivity index (χ4n) is 1.90. The zero-order valence-electron chi connectivity index (χ0n) is 8.09. The van der Waals surface area contributed by atoms with Gasteiger partial charge >= 0.3 is 0 Å². The second-order valence-corrected chi connectivity index (χ2v) is 3.38. The summed E-state index contributed by atoms with van der Waals surface area (Å²) in [6.45, 7) is 2.51. The van der Waals surface area contributed by atoms with Crippen molar-refractivity contribution in [2.24, 2.45) is 0 Å². The summed E-state index contributed by atoms with van der Waals surface area (Å²) in [5, 5.41) is 0. The lowest BCUT2D eigenvalue weighted by Crippen LogP contribution is -2.35. The Labute approximate surface area is 82.3 Å². The number of hydrogen-bond donors (Lipinski definition) is 0. The predicted molar refractivity (Wildman–Crippen MR) is 52.7 cm³/mol. The van der Waals surface area contributed by atoms with Gasteiger partial charge in [-0.15, -0.1) is 0 Å². The van der Waals surface area contributed by atoms with E-state index in [2.05, 4.69) is 0 Å². The second-order valence-electron chi connectivity index (χ2n) is 3.38. The van der Waals surface area contributed by atoms with Gasteiger partial charge in [0.15, 0.2) is 0 Å². The molecule has 0 saturated heterocycles.